The number of rotatable bonds is 4. The molecule has 0 aliphatic carbocycles. The number of pyridine rings is 1. The molecule has 0 spiro atoms. The number of nitrogens with zero attached hydrogens (tertiary/aromatic N) is 2. The van der Waals surface area contributed by atoms with Crippen LogP contribution in [0.2, 0.25) is 0 Å². The lowest BCUT2D eigenvalue weighted by atomic mass is 10.3. The van der Waals surface area contributed by atoms with Crippen LogP contribution in [0.25, 0.3) is 5.65 Å². The van der Waals surface area contributed by atoms with E-state index in [0.717, 1.165) is 16.9 Å². The van der Waals surface area contributed by atoms with E-state index in [0.29, 0.717) is 5.75 Å². The molecule has 2 atom stereocenters. The summed E-state index contributed by atoms with van der Waals surface area (Å²) in [4.78, 5) is 5.76. The molecular weight excluding hydrogens is 288 g/mol. The van der Waals surface area contributed by atoms with Crippen LogP contribution in [0.3, 0.4) is 0 Å². The molecule has 0 saturated heterocycles. The summed E-state index contributed by atoms with van der Waals surface area (Å²) in [6, 6.07) is 8.08. The first kappa shape index (κ1) is 13.5. The fourth-order valence-electron chi connectivity index (χ4n) is 2.20. The molecule has 0 amide bonds. The molecule has 0 saturated carbocycles. The van der Waals surface area contributed by atoms with E-state index in [9.17, 15) is 4.21 Å². The highest BCUT2D eigenvalue weighted by molar-refractivity contribution is 7.84. The summed E-state index contributed by atoms with van der Waals surface area (Å²) < 4.78 is 14.4. The normalized spacial score (nSPS) is 14.5. The van der Waals surface area contributed by atoms with Crippen molar-refractivity contribution in [3.05, 3.63) is 58.2 Å². The first-order valence-electron chi connectivity index (χ1n) is 6.49. The van der Waals surface area contributed by atoms with Crippen molar-refractivity contribution < 1.29 is 4.21 Å². The summed E-state index contributed by atoms with van der Waals surface area (Å²) in [7, 11) is -0.944. The molecule has 0 aliphatic heterocycles. The van der Waals surface area contributed by atoms with Gasteiger partial charge in [0.1, 0.15) is 5.65 Å². The largest absolute Gasteiger partial charge is 0.307 e. The zero-order valence-corrected chi connectivity index (χ0v) is 13.1. The van der Waals surface area contributed by atoms with Gasteiger partial charge in [0, 0.05) is 28.1 Å². The minimum absolute atomic E-state index is 0.0564. The Kier molecular flexibility index (Phi) is 3.72. The van der Waals surface area contributed by atoms with Gasteiger partial charge in [-0.25, -0.2) is 4.98 Å². The molecule has 3 heterocycles. The third kappa shape index (κ3) is 2.55. The molecule has 0 aromatic carbocycles. The molecule has 0 radical (unpaired) electrons. The first-order chi connectivity index (χ1) is 9.65. The second-order valence-electron chi connectivity index (χ2n) is 4.84. The van der Waals surface area contributed by atoms with Crippen molar-refractivity contribution in [3.8, 4) is 0 Å². The molecule has 3 rings (SSSR count). The Morgan fingerprint density at radius 2 is 2.25 bits per heavy atom. The maximum Gasteiger partial charge on any atom is 0.139 e. The van der Waals surface area contributed by atoms with E-state index in [1.54, 1.807) is 11.3 Å². The fraction of sp³-hybridized carbons (Fsp3) is 0.267. The van der Waals surface area contributed by atoms with Gasteiger partial charge in [-0.2, -0.15) is 0 Å². The van der Waals surface area contributed by atoms with Crippen LogP contribution in [-0.2, 0) is 16.6 Å². The summed E-state index contributed by atoms with van der Waals surface area (Å²) in [5.74, 6) is 0.500. The summed E-state index contributed by atoms with van der Waals surface area (Å²) in [6.45, 7) is 4.06. The number of aryl methyl sites for hydroxylation is 1. The van der Waals surface area contributed by atoms with Crippen LogP contribution in [-0.4, -0.2) is 13.6 Å². The Balaban J connectivity index is 1.82. The molecule has 104 valence electrons. The number of hydrogen-bond donors (Lipinski definition) is 0. The minimum Gasteiger partial charge on any atom is -0.307 e. The van der Waals surface area contributed by atoms with E-state index < -0.39 is 10.8 Å². The van der Waals surface area contributed by atoms with Crippen molar-refractivity contribution >= 4 is 27.8 Å². The topological polar surface area (TPSA) is 34.4 Å². The molecule has 3 aromatic rings. The van der Waals surface area contributed by atoms with Gasteiger partial charge in [-0.3, -0.25) is 4.21 Å². The van der Waals surface area contributed by atoms with Gasteiger partial charge in [-0.15, -0.1) is 11.3 Å². The average molecular weight is 304 g/mol. The average Bonchev–Trinajstić information content (AvgIpc) is 3.06. The van der Waals surface area contributed by atoms with Gasteiger partial charge in [-0.1, -0.05) is 12.1 Å². The highest BCUT2D eigenvalue weighted by Gasteiger charge is 2.16. The molecule has 0 fully saturated rings. The third-order valence-corrected chi connectivity index (χ3v) is 6.18. The maximum absolute atomic E-state index is 12.4. The summed E-state index contributed by atoms with van der Waals surface area (Å²) in [5, 5.41) is 2.08. The van der Waals surface area contributed by atoms with Crippen LogP contribution < -0.4 is 0 Å². The standard InChI is InChI=1S/C15H16N2OS2/c1-11-5-3-7-17-9-13(16-15(11)17)10-20(18)12(2)14-6-4-8-19-14/h3-9,12H,10H2,1-2H3/t12-,20+/m1/s1. The van der Waals surface area contributed by atoms with Gasteiger partial charge in [0.05, 0.1) is 16.7 Å². The Morgan fingerprint density at radius 3 is 2.95 bits per heavy atom. The third-order valence-electron chi connectivity index (χ3n) is 3.36. The van der Waals surface area contributed by atoms with E-state index in [4.69, 9.17) is 0 Å². The molecular formula is C15H16N2OS2. The highest BCUT2D eigenvalue weighted by atomic mass is 32.2. The van der Waals surface area contributed by atoms with Gasteiger partial charge in [-0.05, 0) is 36.9 Å². The van der Waals surface area contributed by atoms with E-state index in [2.05, 4.69) is 4.98 Å². The Hall–Kier alpha value is -1.46. The molecule has 0 aliphatic rings. The van der Waals surface area contributed by atoms with Crippen molar-refractivity contribution in [3.63, 3.8) is 0 Å². The molecule has 0 bridgehead atoms. The number of imidazole rings is 1. The van der Waals surface area contributed by atoms with Gasteiger partial charge < -0.3 is 4.40 Å². The van der Waals surface area contributed by atoms with E-state index in [-0.39, 0.29) is 5.25 Å². The minimum atomic E-state index is -0.944. The predicted octanol–water partition coefficient (Wildman–Crippen LogP) is 3.71. The zero-order valence-electron chi connectivity index (χ0n) is 11.4. The van der Waals surface area contributed by atoms with Crippen molar-refractivity contribution in [2.75, 3.05) is 0 Å². The number of fused-ring (bicyclic) bond motifs is 1. The zero-order chi connectivity index (χ0) is 14.1. The van der Waals surface area contributed by atoms with Crippen molar-refractivity contribution in [1.29, 1.82) is 0 Å². The lowest BCUT2D eigenvalue weighted by Crippen LogP contribution is -2.04. The van der Waals surface area contributed by atoms with Crippen LogP contribution >= 0.6 is 11.3 Å². The van der Waals surface area contributed by atoms with E-state index in [1.165, 1.54) is 4.88 Å². The SMILES string of the molecule is Cc1cccn2cc(C[S@](=O)[C@H](C)c3cccs3)nc12. The molecule has 20 heavy (non-hydrogen) atoms. The van der Waals surface area contributed by atoms with Crippen LogP contribution in [0.15, 0.2) is 42.0 Å². The van der Waals surface area contributed by atoms with Crippen LogP contribution in [0, 0.1) is 6.92 Å². The number of aromatic nitrogens is 2. The van der Waals surface area contributed by atoms with Gasteiger partial charge in [0.2, 0.25) is 0 Å². The number of thiophene rings is 1. The van der Waals surface area contributed by atoms with Crippen LogP contribution in [0.5, 0.6) is 0 Å². The quantitative estimate of drug-likeness (QED) is 0.736. The van der Waals surface area contributed by atoms with Crippen molar-refractivity contribution in [2.45, 2.75) is 24.9 Å². The summed E-state index contributed by atoms with van der Waals surface area (Å²) >= 11 is 1.66. The Labute approximate surface area is 124 Å². The van der Waals surface area contributed by atoms with E-state index in [1.807, 2.05) is 60.3 Å². The van der Waals surface area contributed by atoms with Crippen LogP contribution in [0.4, 0.5) is 0 Å². The molecule has 5 heteroatoms. The maximum atomic E-state index is 12.4. The van der Waals surface area contributed by atoms with Gasteiger partial charge >= 0.3 is 0 Å². The molecule has 0 unspecified atom stereocenters. The summed E-state index contributed by atoms with van der Waals surface area (Å²) in [6.07, 6.45) is 3.95. The molecule has 3 nitrogen and oxygen atoms in total. The second kappa shape index (κ2) is 5.50. The molecule has 0 N–H and O–H groups in total. The lowest BCUT2D eigenvalue weighted by Gasteiger charge is -2.07. The number of hydrogen-bond acceptors (Lipinski definition) is 3. The monoisotopic (exact) mass is 304 g/mol. The Bertz CT molecular complexity index is 746. The fourth-order valence-corrected chi connectivity index (χ4v) is 4.37. The van der Waals surface area contributed by atoms with Crippen molar-refractivity contribution in [1.82, 2.24) is 9.38 Å². The van der Waals surface area contributed by atoms with Crippen LogP contribution in [0.1, 0.15) is 28.3 Å². The van der Waals surface area contributed by atoms with Gasteiger partial charge in [0.15, 0.2) is 0 Å². The highest BCUT2D eigenvalue weighted by Crippen LogP contribution is 2.25. The summed E-state index contributed by atoms with van der Waals surface area (Å²) in [5.41, 5.74) is 2.97. The lowest BCUT2D eigenvalue weighted by molar-refractivity contribution is 0.675. The predicted molar refractivity (Wildman–Crippen MR) is 84.5 cm³/mol. The van der Waals surface area contributed by atoms with E-state index >= 15 is 0 Å². The van der Waals surface area contributed by atoms with Gasteiger partial charge in [0.25, 0.3) is 0 Å². The second-order valence-corrected chi connectivity index (χ2v) is 7.57. The van der Waals surface area contributed by atoms with Crippen molar-refractivity contribution in [2.24, 2.45) is 0 Å². The molecule has 3 aromatic heterocycles. The first-order valence-corrected chi connectivity index (χ1v) is 8.75. The smallest absolute Gasteiger partial charge is 0.139 e. The Morgan fingerprint density at radius 1 is 1.40 bits per heavy atom.